The van der Waals surface area contributed by atoms with Gasteiger partial charge in [0.1, 0.15) is 5.82 Å². The van der Waals surface area contributed by atoms with Crippen molar-refractivity contribution in [3.05, 3.63) is 64.5 Å². The van der Waals surface area contributed by atoms with Crippen molar-refractivity contribution in [3.63, 3.8) is 0 Å². The van der Waals surface area contributed by atoms with Gasteiger partial charge < -0.3 is 10.3 Å². The molecule has 0 spiro atoms. The zero-order chi connectivity index (χ0) is 21.8. The first-order valence-electron chi connectivity index (χ1n) is 10.9. The number of hydrogen-bond donors (Lipinski definition) is 2. The lowest BCUT2D eigenvalue weighted by molar-refractivity contribution is 0.123. The van der Waals surface area contributed by atoms with Gasteiger partial charge in [-0.05, 0) is 49.0 Å². The fourth-order valence-electron chi connectivity index (χ4n) is 4.43. The van der Waals surface area contributed by atoms with E-state index in [0.29, 0.717) is 18.0 Å². The molecule has 4 rings (SSSR count). The first-order valence-corrected chi connectivity index (χ1v) is 10.9. The molecule has 1 aliphatic heterocycles. The summed E-state index contributed by atoms with van der Waals surface area (Å²) in [6.07, 6.45) is 6.24. The van der Waals surface area contributed by atoms with Gasteiger partial charge in [-0.1, -0.05) is 18.7 Å². The van der Waals surface area contributed by atoms with Crippen LogP contribution in [0.15, 0.2) is 52.4 Å². The van der Waals surface area contributed by atoms with E-state index in [2.05, 4.69) is 37.7 Å². The van der Waals surface area contributed by atoms with E-state index in [1.165, 1.54) is 17.7 Å². The van der Waals surface area contributed by atoms with E-state index in [0.717, 1.165) is 62.3 Å². The maximum atomic E-state index is 13.5. The quantitative estimate of drug-likeness (QED) is 0.672. The molecule has 0 saturated carbocycles. The van der Waals surface area contributed by atoms with Crippen LogP contribution in [0.5, 0.6) is 0 Å². The number of H-pyrrole nitrogens is 1. The molecule has 6 nitrogen and oxygen atoms in total. The molecule has 1 aliphatic carbocycles. The van der Waals surface area contributed by atoms with Gasteiger partial charge in [-0.2, -0.15) is 0 Å². The Hall–Kier alpha value is -2.61. The van der Waals surface area contributed by atoms with Crippen LogP contribution in [-0.2, 0) is 0 Å². The third kappa shape index (κ3) is 5.18. The number of aromatic nitrogens is 1. The van der Waals surface area contributed by atoms with Crippen LogP contribution in [-0.4, -0.2) is 73.4 Å². The Labute approximate surface area is 182 Å². The summed E-state index contributed by atoms with van der Waals surface area (Å²) >= 11 is 0. The molecule has 0 bridgehead atoms. The number of hydrogen-bond acceptors (Lipinski definition) is 5. The fourth-order valence-corrected chi connectivity index (χ4v) is 4.43. The van der Waals surface area contributed by atoms with Crippen molar-refractivity contribution in [2.24, 2.45) is 4.99 Å². The van der Waals surface area contributed by atoms with Crippen LogP contribution in [0.3, 0.4) is 0 Å². The SMILES string of the molecule is C=C(CNC)N=CCN1CCN(C2C=C(c3cc4ccc(F)cc4c(=O)[nH]3)CC2)CC1. The number of aliphatic imine (C=N–C) groups is 1. The normalized spacial score (nSPS) is 20.6. The summed E-state index contributed by atoms with van der Waals surface area (Å²) in [4.78, 5) is 24.7. The number of pyridine rings is 1. The second-order valence-corrected chi connectivity index (χ2v) is 8.29. The molecule has 2 aromatic rings. The lowest BCUT2D eigenvalue weighted by atomic mass is 10.1. The molecule has 2 N–H and O–H groups in total. The number of likely N-dealkylation sites (N-methyl/N-ethyl adjacent to an activating group) is 1. The molecule has 2 heterocycles. The first kappa shape index (κ1) is 21.6. The minimum Gasteiger partial charge on any atom is -0.322 e. The number of nitrogens with zero attached hydrogens (tertiary/aromatic N) is 3. The number of benzene rings is 1. The Morgan fingerprint density at radius 3 is 2.90 bits per heavy atom. The van der Waals surface area contributed by atoms with E-state index in [1.54, 1.807) is 6.07 Å². The van der Waals surface area contributed by atoms with Crippen molar-refractivity contribution < 1.29 is 4.39 Å². The molecule has 1 fully saturated rings. The Morgan fingerprint density at radius 2 is 2.13 bits per heavy atom. The molecular formula is C24H30FN5O. The lowest BCUT2D eigenvalue weighted by Crippen LogP contribution is -2.49. The number of nitrogens with one attached hydrogen (secondary N) is 2. The first-order chi connectivity index (χ1) is 15.0. The zero-order valence-corrected chi connectivity index (χ0v) is 18.0. The van der Waals surface area contributed by atoms with Crippen LogP contribution in [0.4, 0.5) is 4.39 Å². The van der Waals surface area contributed by atoms with E-state index in [4.69, 9.17) is 0 Å². The monoisotopic (exact) mass is 423 g/mol. The van der Waals surface area contributed by atoms with Gasteiger partial charge in [-0.3, -0.25) is 19.6 Å². The van der Waals surface area contributed by atoms with E-state index in [-0.39, 0.29) is 11.4 Å². The van der Waals surface area contributed by atoms with E-state index in [1.807, 2.05) is 19.3 Å². The number of allylic oxidation sites excluding steroid dienone is 1. The molecule has 1 aromatic heterocycles. The van der Waals surface area contributed by atoms with Crippen LogP contribution in [0.1, 0.15) is 18.5 Å². The predicted molar refractivity (Wildman–Crippen MR) is 125 cm³/mol. The van der Waals surface area contributed by atoms with Gasteiger partial charge in [-0.15, -0.1) is 0 Å². The Morgan fingerprint density at radius 1 is 1.32 bits per heavy atom. The Bertz CT molecular complexity index is 1070. The molecule has 0 amide bonds. The highest BCUT2D eigenvalue weighted by Gasteiger charge is 2.26. The minimum absolute atomic E-state index is 0.232. The largest absolute Gasteiger partial charge is 0.322 e. The van der Waals surface area contributed by atoms with Crippen molar-refractivity contribution in [3.8, 4) is 0 Å². The van der Waals surface area contributed by atoms with Gasteiger partial charge in [0.05, 0.1) is 0 Å². The lowest BCUT2D eigenvalue weighted by Gasteiger charge is -2.37. The summed E-state index contributed by atoms with van der Waals surface area (Å²) in [5.41, 5.74) is 2.64. The fraction of sp³-hybridized carbons (Fsp3) is 0.417. The molecule has 1 unspecified atom stereocenters. The summed E-state index contributed by atoms with van der Waals surface area (Å²) in [6.45, 7) is 9.55. The molecule has 1 saturated heterocycles. The summed E-state index contributed by atoms with van der Waals surface area (Å²) < 4.78 is 13.5. The molecule has 2 aliphatic rings. The summed E-state index contributed by atoms with van der Waals surface area (Å²) in [6, 6.07) is 6.73. The van der Waals surface area contributed by atoms with Crippen LogP contribution in [0.25, 0.3) is 16.3 Å². The van der Waals surface area contributed by atoms with Crippen molar-refractivity contribution in [1.82, 2.24) is 20.1 Å². The maximum absolute atomic E-state index is 13.5. The highest BCUT2D eigenvalue weighted by Crippen LogP contribution is 2.30. The van der Waals surface area contributed by atoms with Crippen molar-refractivity contribution >= 4 is 22.6 Å². The van der Waals surface area contributed by atoms with Crippen LogP contribution < -0.4 is 10.9 Å². The third-order valence-electron chi connectivity index (χ3n) is 6.13. The van der Waals surface area contributed by atoms with E-state index >= 15 is 0 Å². The number of rotatable bonds is 7. The van der Waals surface area contributed by atoms with Gasteiger partial charge in [0.25, 0.3) is 5.56 Å². The van der Waals surface area contributed by atoms with Crippen LogP contribution >= 0.6 is 0 Å². The summed E-state index contributed by atoms with van der Waals surface area (Å²) in [5, 5.41) is 4.22. The molecule has 0 radical (unpaired) electrons. The smallest absolute Gasteiger partial charge is 0.256 e. The summed E-state index contributed by atoms with van der Waals surface area (Å²) in [7, 11) is 1.89. The number of aromatic amines is 1. The standard InChI is InChI=1S/C24H30FN5O/c1-17(16-26-2)27-7-8-29-9-11-30(12-10-29)21-6-4-19(13-21)23-14-18-3-5-20(25)15-22(18)24(31)28-23/h3,5,7,13-15,21,26H,1,4,6,8-12,16H2,2H3,(H,28,31). The van der Waals surface area contributed by atoms with Crippen molar-refractivity contribution in [2.75, 3.05) is 46.3 Å². The van der Waals surface area contributed by atoms with Gasteiger partial charge in [-0.25, -0.2) is 4.39 Å². The molecule has 31 heavy (non-hydrogen) atoms. The van der Waals surface area contributed by atoms with Gasteiger partial charge in [0.15, 0.2) is 0 Å². The molecule has 1 atom stereocenters. The average molecular weight is 424 g/mol. The second-order valence-electron chi connectivity index (χ2n) is 8.29. The van der Waals surface area contributed by atoms with Gasteiger partial charge >= 0.3 is 0 Å². The van der Waals surface area contributed by atoms with E-state index < -0.39 is 0 Å². The average Bonchev–Trinajstić information content (AvgIpc) is 3.25. The molecule has 1 aromatic carbocycles. The van der Waals surface area contributed by atoms with Crippen molar-refractivity contribution in [2.45, 2.75) is 18.9 Å². The topological polar surface area (TPSA) is 63.7 Å². The minimum atomic E-state index is -0.390. The highest BCUT2D eigenvalue weighted by atomic mass is 19.1. The Kier molecular flexibility index (Phi) is 6.75. The second kappa shape index (κ2) is 9.68. The Balaban J connectivity index is 1.36. The molecule has 7 heteroatoms. The zero-order valence-electron chi connectivity index (χ0n) is 18.0. The maximum Gasteiger partial charge on any atom is 0.256 e. The number of fused-ring (bicyclic) bond motifs is 1. The van der Waals surface area contributed by atoms with Gasteiger partial charge in [0, 0.05) is 68.3 Å². The predicted octanol–water partition coefficient (Wildman–Crippen LogP) is 2.63. The molecular weight excluding hydrogens is 393 g/mol. The van der Waals surface area contributed by atoms with Crippen LogP contribution in [0, 0.1) is 5.82 Å². The van der Waals surface area contributed by atoms with Gasteiger partial charge in [0.2, 0.25) is 0 Å². The number of halogens is 1. The van der Waals surface area contributed by atoms with Crippen LogP contribution in [0.2, 0.25) is 0 Å². The van der Waals surface area contributed by atoms with Crippen molar-refractivity contribution in [1.29, 1.82) is 0 Å². The summed E-state index contributed by atoms with van der Waals surface area (Å²) in [5.74, 6) is -0.390. The highest BCUT2D eigenvalue weighted by molar-refractivity contribution is 5.84. The third-order valence-corrected chi connectivity index (χ3v) is 6.13. The molecule has 164 valence electrons. The number of piperazine rings is 1. The van der Waals surface area contributed by atoms with E-state index in [9.17, 15) is 9.18 Å².